The molecule has 3 N–H and O–H groups in total. The van der Waals surface area contributed by atoms with E-state index >= 15 is 0 Å². The maximum absolute atomic E-state index is 12.1. The van der Waals surface area contributed by atoms with Gasteiger partial charge in [-0.05, 0) is 43.1 Å². The van der Waals surface area contributed by atoms with Gasteiger partial charge < -0.3 is 20.7 Å². The number of carbonyl (C=O) groups excluding carboxylic acids is 1. The highest BCUT2D eigenvalue weighted by Gasteiger charge is 2.32. The molecule has 1 atom stereocenters. The first-order chi connectivity index (χ1) is 11.1. The SMILES string of the molecule is CC(C)(C)OC(=O)N1CCC(Nc2c(Br)cnc(N)c2[N+](=O)[O-])C1. The van der Waals surface area contributed by atoms with Crippen LogP contribution in [0.15, 0.2) is 10.7 Å². The highest BCUT2D eigenvalue weighted by atomic mass is 79.9. The summed E-state index contributed by atoms with van der Waals surface area (Å²) in [6.45, 7) is 6.31. The van der Waals surface area contributed by atoms with Crippen LogP contribution < -0.4 is 11.1 Å². The van der Waals surface area contributed by atoms with Gasteiger partial charge in [-0.15, -0.1) is 0 Å². The number of anilines is 2. The lowest BCUT2D eigenvalue weighted by Gasteiger charge is -2.24. The first kappa shape index (κ1) is 18.2. The van der Waals surface area contributed by atoms with E-state index in [9.17, 15) is 14.9 Å². The predicted molar refractivity (Wildman–Crippen MR) is 92.8 cm³/mol. The molecule has 9 nitrogen and oxygen atoms in total. The molecular weight excluding hydrogens is 382 g/mol. The molecule has 0 aliphatic carbocycles. The van der Waals surface area contributed by atoms with E-state index in [4.69, 9.17) is 10.5 Å². The normalized spacial score (nSPS) is 17.7. The highest BCUT2D eigenvalue weighted by Crippen LogP contribution is 2.36. The topological polar surface area (TPSA) is 124 Å². The highest BCUT2D eigenvalue weighted by molar-refractivity contribution is 9.10. The van der Waals surface area contributed by atoms with Gasteiger partial charge in [0.15, 0.2) is 0 Å². The van der Waals surface area contributed by atoms with E-state index in [0.29, 0.717) is 24.0 Å². The van der Waals surface area contributed by atoms with Crippen molar-refractivity contribution in [3.63, 3.8) is 0 Å². The zero-order valence-electron chi connectivity index (χ0n) is 13.7. The quantitative estimate of drug-likeness (QED) is 0.589. The molecule has 1 aliphatic rings. The van der Waals surface area contributed by atoms with Crippen molar-refractivity contribution in [3.8, 4) is 0 Å². The lowest BCUT2D eigenvalue weighted by molar-refractivity contribution is -0.383. The van der Waals surface area contributed by atoms with Gasteiger partial charge in [0.25, 0.3) is 0 Å². The monoisotopic (exact) mass is 401 g/mol. The molecule has 1 fully saturated rings. The van der Waals surface area contributed by atoms with Gasteiger partial charge in [0.1, 0.15) is 11.3 Å². The van der Waals surface area contributed by atoms with E-state index < -0.39 is 16.6 Å². The van der Waals surface area contributed by atoms with Gasteiger partial charge in [0.05, 0.1) is 9.40 Å². The Balaban J connectivity index is 2.10. The van der Waals surface area contributed by atoms with Gasteiger partial charge in [-0.2, -0.15) is 0 Å². The number of hydrogen-bond acceptors (Lipinski definition) is 7. The van der Waals surface area contributed by atoms with Gasteiger partial charge in [0, 0.05) is 25.3 Å². The Morgan fingerprint density at radius 1 is 1.58 bits per heavy atom. The molecule has 1 aromatic heterocycles. The summed E-state index contributed by atoms with van der Waals surface area (Å²) < 4.78 is 5.78. The molecule has 24 heavy (non-hydrogen) atoms. The molecule has 10 heteroatoms. The van der Waals surface area contributed by atoms with Crippen LogP contribution in [0.3, 0.4) is 0 Å². The first-order valence-corrected chi connectivity index (χ1v) is 8.20. The minimum absolute atomic E-state index is 0.144. The summed E-state index contributed by atoms with van der Waals surface area (Å²) in [6, 6.07) is -0.144. The summed E-state index contributed by atoms with van der Waals surface area (Å²) in [5.74, 6) is -0.160. The molecule has 1 amide bonds. The van der Waals surface area contributed by atoms with E-state index in [-0.39, 0.29) is 23.2 Å². The van der Waals surface area contributed by atoms with Crippen LogP contribution in [0.1, 0.15) is 27.2 Å². The van der Waals surface area contributed by atoms with Crippen LogP contribution in [0.25, 0.3) is 0 Å². The Morgan fingerprint density at radius 3 is 2.83 bits per heavy atom. The number of nitrogens with one attached hydrogen (secondary N) is 1. The van der Waals surface area contributed by atoms with Crippen molar-refractivity contribution in [2.45, 2.75) is 38.8 Å². The molecule has 1 saturated heterocycles. The molecular formula is C14H20BrN5O4. The molecule has 2 heterocycles. The van der Waals surface area contributed by atoms with E-state index in [1.807, 2.05) is 0 Å². The lowest BCUT2D eigenvalue weighted by atomic mass is 10.2. The van der Waals surface area contributed by atoms with Crippen molar-refractivity contribution < 1.29 is 14.5 Å². The summed E-state index contributed by atoms with van der Waals surface area (Å²) in [5.41, 5.74) is 5.04. The second-order valence-corrected chi connectivity index (χ2v) is 7.38. The zero-order valence-corrected chi connectivity index (χ0v) is 15.3. The molecule has 0 bridgehead atoms. The number of carbonyl (C=O) groups is 1. The van der Waals surface area contributed by atoms with Crippen LogP contribution >= 0.6 is 15.9 Å². The molecule has 2 rings (SSSR count). The number of rotatable bonds is 3. The van der Waals surface area contributed by atoms with Crippen molar-refractivity contribution >= 4 is 39.2 Å². The van der Waals surface area contributed by atoms with Crippen molar-refractivity contribution in [3.05, 3.63) is 20.8 Å². The molecule has 0 saturated carbocycles. The Labute approximate surface area is 147 Å². The molecule has 132 valence electrons. The Bertz CT molecular complexity index is 661. The number of nitro groups is 1. The van der Waals surface area contributed by atoms with Crippen molar-refractivity contribution in [1.29, 1.82) is 0 Å². The standard InChI is InChI=1S/C14H20BrN5O4/c1-14(2,3)24-13(21)19-5-4-8(7-19)18-10-9(15)6-17-12(16)11(10)20(22)23/h6,8H,4-5,7H2,1-3H3,(H3,16,17,18). The fourth-order valence-corrected chi connectivity index (χ4v) is 2.79. The summed E-state index contributed by atoms with van der Waals surface area (Å²) in [6.07, 6.45) is 1.66. The Kier molecular flexibility index (Phi) is 5.16. The maximum Gasteiger partial charge on any atom is 0.410 e. The van der Waals surface area contributed by atoms with Gasteiger partial charge in [0.2, 0.25) is 5.82 Å². The number of hydrogen-bond donors (Lipinski definition) is 2. The average Bonchev–Trinajstić information content (AvgIpc) is 2.89. The van der Waals surface area contributed by atoms with E-state index in [0.717, 1.165) is 0 Å². The Morgan fingerprint density at radius 2 is 2.25 bits per heavy atom. The van der Waals surface area contributed by atoms with Crippen LogP contribution in [0.2, 0.25) is 0 Å². The fraction of sp³-hybridized carbons (Fsp3) is 0.571. The largest absolute Gasteiger partial charge is 0.444 e. The summed E-state index contributed by atoms with van der Waals surface area (Å²) >= 11 is 3.25. The zero-order chi connectivity index (χ0) is 18.1. The average molecular weight is 402 g/mol. The number of ether oxygens (including phenoxy) is 1. The molecule has 0 aromatic carbocycles. The Hall–Kier alpha value is -2.10. The fourth-order valence-electron chi connectivity index (χ4n) is 2.39. The minimum atomic E-state index is -0.573. The second-order valence-electron chi connectivity index (χ2n) is 6.53. The predicted octanol–water partition coefficient (Wildman–Crippen LogP) is 2.76. The first-order valence-electron chi connectivity index (χ1n) is 7.41. The number of nitrogens with two attached hydrogens (primary N) is 1. The minimum Gasteiger partial charge on any atom is -0.444 e. The third-order valence-corrected chi connectivity index (χ3v) is 4.01. The number of nitrogen functional groups attached to an aromatic ring is 1. The number of halogens is 1. The van der Waals surface area contributed by atoms with Crippen molar-refractivity contribution in [2.24, 2.45) is 0 Å². The van der Waals surface area contributed by atoms with Crippen LogP contribution in [-0.2, 0) is 4.74 Å². The molecule has 0 spiro atoms. The number of nitrogens with zero attached hydrogens (tertiary/aromatic N) is 3. The van der Waals surface area contributed by atoms with Crippen LogP contribution in [0, 0.1) is 10.1 Å². The second kappa shape index (κ2) is 6.80. The van der Waals surface area contributed by atoms with Crippen molar-refractivity contribution in [2.75, 3.05) is 24.1 Å². The number of amides is 1. The summed E-state index contributed by atoms with van der Waals surface area (Å²) in [7, 11) is 0. The number of pyridine rings is 1. The maximum atomic E-state index is 12.1. The van der Waals surface area contributed by atoms with Crippen LogP contribution in [-0.4, -0.2) is 45.6 Å². The van der Waals surface area contributed by atoms with Crippen LogP contribution in [0.4, 0.5) is 22.0 Å². The van der Waals surface area contributed by atoms with Crippen molar-refractivity contribution in [1.82, 2.24) is 9.88 Å². The van der Waals surface area contributed by atoms with Gasteiger partial charge in [-0.1, -0.05) is 0 Å². The smallest absolute Gasteiger partial charge is 0.410 e. The van der Waals surface area contributed by atoms with Crippen LogP contribution in [0.5, 0.6) is 0 Å². The number of likely N-dealkylation sites (tertiary alicyclic amines) is 1. The molecule has 1 aliphatic heterocycles. The third-order valence-electron chi connectivity index (χ3n) is 3.41. The number of aromatic nitrogens is 1. The van der Waals surface area contributed by atoms with E-state index in [2.05, 4.69) is 26.2 Å². The lowest BCUT2D eigenvalue weighted by Crippen LogP contribution is -2.36. The van der Waals surface area contributed by atoms with Gasteiger partial charge in [-0.3, -0.25) is 10.1 Å². The molecule has 1 aromatic rings. The summed E-state index contributed by atoms with van der Waals surface area (Å²) in [5, 5.41) is 14.3. The van der Waals surface area contributed by atoms with E-state index in [1.54, 1.807) is 25.7 Å². The summed E-state index contributed by atoms with van der Waals surface area (Å²) in [4.78, 5) is 28.1. The van der Waals surface area contributed by atoms with Gasteiger partial charge in [-0.25, -0.2) is 9.78 Å². The van der Waals surface area contributed by atoms with E-state index in [1.165, 1.54) is 6.20 Å². The molecule has 1 unspecified atom stereocenters. The van der Waals surface area contributed by atoms with Gasteiger partial charge >= 0.3 is 11.8 Å². The third kappa shape index (κ3) is 4.25. The molecule has 0 radical (unpaired) electrons.